The Morgan fingerprint density at radius 2 is 1.56 bits per heavy atom. The van der Waals surface area contributed by atoms with Crippen molar-refractivity contribution in [2.45, 2.75) is 13.3 Å². The summed E-state index contributed by atoms with van der Waals surface area (Å²) in [4.78, 5) is 38.7. The summed E-state index contributed by atoms with van der Waals surface area (Å²) in [5, 5.41) is 8.21. The third kappa shape index (κ3) is 5.37. The lowest BCUT2D eigenvalue weighted by Crippen LogP contribution is -2.28. The Balaban J connectivity index is 1.41. The predicted octanol–water partition coefficient (Wildman–Crippen LogP) is 4.91. The normalized spacial score (nSPS) is 15.2. The first-order chi connectivity index (χ1) is 16.3. The summed E-state index contributed by atoms with van der Waals surface area (Å²) in [5.41, 5.74) is 2.41. The molecule has 1 fully saturated rings. The van der Waals surface area contributed by atoms with E-state index in [1.54, 1.807) is 49.4 Å². The number of anilines is 4. The van der Waals surface area contributed by atoms with Crippen LogP contribution < -0.4 is 20.9 Å². The maximum atomic E-state index is 13.6. The number of carbonyl (C=O) groups is 3. The van der Waals surface area contributed by atoms with Crippen molar-refractivity contribution in [1.82, 2.24) is 0 Å². The molecule has 3 aromatic rings. The van der Waals surface area contributed by atoms with Gasteiger partial charge in [-0.3, -0.25) is 9.59 Å². The Morgan fingerprint density at radius 3 is 2.26 bits per heavy atom. The van der Waals surface area contributed by atoms with Crippen LogP contribution >= 0.6 is 0 Å². The van der Waals surface area contributed by atoms with Crippen molar-refractivity contribution < 1.29 is 23.2 Å². The Labute approximate surface area is 194 Å². The molecule has 0 bridgehead atoms. The third-order valence-electron chi connectivity index (χ3n) is 5.44. The maximum absolute atomic E-state index is 13.6. The quantitative estimate of drug-likeness (QED) is 0.501. The van der Waals surface area contributed by atoms with Gasteiger partial charge in [0.1, 0.15) is 11.6 Å². The van der Waals surface area contributed by atoms with E-state index < -0.39 is 35.4 Å². The molecule has 3 aromatic carbocycles. The van der Waals surface area contributed by atoms with Gasteiger partial charge < -0.3 is 20.9 Å². The Hall–Kier alpha value is -4.27. The molecule has 0 spiro atoms. The molecule has 0 saturated carbocycles. The van der Waals surface area contributed by atoms with Crippen molar-refractivity contribution in [3.63, 3.8) is 0 Å². The number of rotatable bonds is 5. The van der Waals surface area contributed by atoms with Crippen LogP contribution in [-0.4, -0.2) is 24.4 Å². The van der Waals surface area contributed by atoms with Crippen LogP contribution in [0.1, 0.15) is 12.0 Å². The highest BCUT2D eigenvalue weighted by atomic mass is 19.1. The van der Waals surface area contributed by atoms with Crippen LogP contribution in [0.5, 0.6) is 0 Å². The third-order valence-corrected chi connectivity index (χ3v) is 5.44. The van der Waals surface area contributed by atoms with E-state index in [0.717, 1.165) is 23.8 Å². The van der Waals surface area contributed by atoms with Gasteiger partial charge in [0.15, 0.2) is 0 Å². The highest BCUT2D eigenvalue weighted by Gasteiger charge is 2.35. The summed E-state index contributed by atoms with van der Waals surface area (Å²) in [6.45, 7) is 1.80. The second-order valence-electron chi connectivity index (χ2n) is 8.00. The van der Waals surface area contributed by atoms with Crippen LogP contribution in [0.2, 0.25) is 0 Å². The number of carbonyl (C=O) groups excluding carboxylic acids is 3. The van der Waals surface area contributed by atoms with Gasteiger partial charge in [-0.1, -0.05) is 24.3 Å². The van der Waals surface area contributed by atoms with Gasteiger partial charge in [0.25, 0.3) is 0 Å². The molecule has 0 aromatic heterocycles. The highest BCUT2D eigenvalue weighted by Crippen LogP contribution is 2.28. The van der Waals surface area contributed by atoms with Gasteiger partial charge in [0.2, 0.25) is 11.8 Å². The molecule has 9 heteroatoms. The number of nitrogens with zero attached hydrogens (tertiary/aromatic N) is 1. The molecule has 1 aliphatic heterocycles. The Kier molecular flexibility index (Phi) is 6.53. The molecule has 1 heterocycles. The summed E-state index contributed by atoms with van der Waals surface area (Å²) >= 11 is 0. The summed E-state index contributed by atoms with van der Waals surface area (Å²) in [6.07, 6.45) is -0.0829. The topological polar surface area (TPSA) is 90.5 Å². The lowest BCUT2D eigenvalue weighted by molar-refractivity contribution is -0.122. The molecular weight excluding hydrogens is 442 g/mol. The second-order valence-corrected chi connectivity index (χ2v) is 8.00. The van der Waals surface area contributed by atoms with E-state index >= 15 is 0 Å². The minimum absolute atomic E-state index is 0.00400. The van der Waals surface area contributed by atoms with Gasteiger partial charge in [0.05, 0.1) is 5.92 Å². The van der Waals surface area contributed by atoms with Crippen molar-refractivity contribution in [1.29, 1.82) is 0 Å². The number of urea groups is 1. The summed E-state index contributed by atoms with van der Waals surface area (Å²) in [6, 6.07) is 16.4. The number of amides is 4. The molecule has 0 radical (unpaired) electrons. The first-order valence-corrected chi connectivity index (χ1v) is 10.6. The number of halogens is 2. The molecular formula is C25H22F2N4O3. The average Bonchev–Trinajstić information content (AvgIpc) is 3.18. The molecule has 0 aliphatic carbocycles. The molecule has 3 N–H and O–H groups in total. The second kappa shape index (κ2) is 9.70. The van der Waals surface area contributed by atoms with E-state index in [1.807, 2.05) is 6.07 Å². The number of para-hydroxylation sites is 1. The maximum Gasteiger partial charge on any atom is 0.323 e. The number of nitrogens with one attached hydrogen (secondary N) is 3. The molecule has 1 unspecified atom stereocenters. The zero-order chi connectivity index (χ0) is 24.2. The predicted molar refractivity (Wildman–Crippen MR) is 126 cm³/mol. The fourth-order valence-corrected chi connectivity index (χ4v) is 3.71. The number of hydrogen-bond donors (Lipinski definition) is 3. The molecule has 7 nitrogen and oxygen atoms in total. The fraction of sp³-hybridized carbons (Fsp3) is 0.160. The average molecular weight is 464 g/mol. The van der Waals surface area contributed by atoms with Crippen LogP contribution in [0, 0.1) is 24.5 Å². The van der Waals surface area contributed by atoms with Gasteiger partial charge in [-0.05, 0) is 48.9 Å². The summed E-state index contributed by atoms with van der Waals surface area (Å²) in [5.74, 6) is -3.09. The van der Waals surface area contributed by atoms with E-state index in [9.17, 15) is 23.2 Å². The van der Waals surface area contributed by atoms with Crippen LogP contribution in [0.4, 0.5) is 36.3 Å². The van der Waals surface area contributed by atoms with Crippen molar-refractivity contribution in [3.8, 4) is 0 Å². The minimum atomic E-state index is -0.799. The first-order valence-electron chi connectivity index (χ1n) is 10.6. The lowest BCUT2D eigenvalue weighted by atomic mass is 10.1. The van der Waals surface area contributed by atoms with Gasteiger partial charge in [-0.25, -0.2) is 13.6 Å². The number of aryl methyl sites for hydroxylation is 1. The summed E-state index contributed by atoms with van der Waals surface area (Å²) in [7, 11) is 0. The van der Waals surface area contributed by atoms with Crippen LogP contribution in [0.15, 0.2) is 66.7 Å². The van der Waals surface area contributed by atoms with Crippen LogP contribution in [-0.2, 0) is 9.59 Å². The molecule has 1 aliphatic rings. The molecule has 4 amide bonds. The highest BCUT2D eigenvalue weighted by molar-refractivity contribution is 6.04. The number of benzene rings is 3. The van der Waals surface area contributed by atoms with E-state index in [4.69, 9.17) is 0 Å². The van der Waals surface area contributed by atoms with Gasteiger partial charge in [0, 0.05) is 41.8 Å². The van der Waals surface area contributed by atoms with Gasteiger partial charge in [-0.2, -0.15) is 0 Å². The van der Waals surface area contributed by atoms with Gasteiger partial charge >= 0.3 is 6.03 Å². The SMILES string of the molecule is Cc1ccc(NC(=O)Nc2ccccc2)cc1NC(=O)C1CC(=O)N(c2cc(F)cc(F)c2)C1. The standard InChI is InChI=1S/C25H22F2N4O3/c1-15-7-8-20(29-25(34)28-19-5-3-2-4-6-19)13-22(15)30-24(33)16-9-23(32)31(14-16)21-11-17(26)10-18(27)12-21/h2-8,10-13,16H,9,14H2,1H3,(H,30,33)(H2,28,29,34). The molecule has 1 saturated heterocycles. The summed E-state index contributed by atoms with van der Waals surface area (Å²) < 4.78 is 27.1. The van der Waals surface area contributed by atoms with E-state index in [0.29, 0.717) is 17.1 Å². The van der Waals surface area contributed by atoms with E-state index in [-0.39, 0.29) is 18.7 Å². The lowest BCUT2D eigenvalue weighted by Gasteiger charge is -2.17. The Bertz CT molecular complexity index is 1230. The Morgan fingerprint density at radius 1 is 0.882 bits per heavy atom. The number of hydrogen-bond acceptors (Lipinski definition) is 3. The fourth-order valence-electron chi connectivity index (χ4n) is 3.71. The van der Waals surface area contributed by atoms with Gasteiger partial charge in [-0.15, -0.1) is 0 Å². The zero-order valence-electron chi connectivity index (χ0n) is 18.3. The molecule has 174 valence electrons. The van der Waals surface area contributed by atoms with E-state index in [2.05, 4.69) is 16.0 Å². The minimum Gasteiger partial charge on any atom is -0.325 e. The van der Waals surface area contributed by atoms with Crippen LogP contribution in [0.3, 0.4) is 0 Å². The van der Waals surface area contributed by atoms with Crippen molar-refractivity contribution in [3.05, 3.63) is 83.9 Å². The van der Waals surface area contributed by atoms with Crippen molar-refractivity contribution in [2.24, 2.45) is 5.92 Å². The molecule has 4 rings (SSSR count). The zero-order valence-corrected chi connectivity index (χ0v) is 18.3. The van der Waals surface area contributed by atoms with Crippen molar-refractivity contribution in [2.75, 3.05) is 27.4 Å². The van der Waals surface area contributed by atoms with Crippen LogP contribution in [0.25, 0.3) is 0 Å². The molecule has 1 atom stereocenters. The molecule has 34 heavy (non-hydrogen) atoms. The first kappa shape index (κ1) is 22.9. The monoisotopic (exact) mass is 464 g/mol. The smallest absolute Gasteiger partial charge is 0.323 e. The van der Waals surface area contributed by atoms with Crippen molar-refractivity contribution >= 4 is 40.6 Å². The van der Waals surface area contributed by atoms with E-state index in [1.165, 1.54) is 4.90 Å². The largest absolute Gasteiger partial charge is 0.325 e.